The van der Waals surface area contributed by atoms with Gasteiger partial charge in [-0.2, -0.15) is 0 Å². The van der Waals surface area contributed by atoms with Crippen molar-refractivity contribution in [2.24, 2.45) is 5.92 Å². The van der Waals surface area contributed by atoms with Gasteiger partial charge in [-0.05, 0) is 13.8 Å². The van der Waals surface area contributed by atoms with Crippen molar-refractivity contribution >= 4 is 5.97 Å². The van der Waals surface area contributed by atoms with E-state index in [0.717, 1.165) is 0 Å². The van der Waals surface area contributed by atoms with Crippen LogP contribution in [0.5, 0.6) is 0 Å². The van der Waals surface area contributed by atoms with Gasteiger partial charge in [0.15, 0.2) is 18.7 Å². The van der Waals surface area contributed by atoms with Crippen molar-refractivity contribution < 1.29 is 69.0 Å². The molecule has 3 aliphatic rings. The van der Waals surface area contributed by atoms with Crippen LogP contribution in [0.25, 0.3) is 0 Å². The van der Waals surface area contributed by atoms with Crippen LogP contribution in [0.15, 0.2) is 0 Å². The lowest BCUT2D eigenvalue weighted by molar-refractivity contribution is -0.349. The third-order valence-electron chi connectivity index (χ3n) is 6.86. The number of carboxylic acids is 1. The van der Waals surface area contributed by atoms with Gasteiger partial charge in [-0.3, -0.25) is 0 Å². The molecule has 0 saturated carbocycles. The van der Waals surface area contributed by atoms with Crippen LogP contribution in [0.3, 0.4) is 0 Å². The molecule has 3 rings (SSSR count). The van der Waals surface area contributed by atoms with Crippen molar-refractivity contribution in [3.05, 3.63) is 0 Å². The molecular formula is C21H36O14. The summed E-state index contributed by atoms with van der Waals surface area (Å²) in [4.78, 5) is 11.4. The van der Waals surface area contributed by atoms with E-state index in [-0.39, 0.29) is 0 Å². The van der Waals surface area contributed by atoms with Gasteiger partial charge in [-0.15, -0.1) is 0 Å². The molecule has 0 spiro atoms. The lowest BCUT2D eigenvalue weighted by atomic mass is 9.91. The van der Waals surface area contributed by atoms with Crippen molar-refractivity contribution in [2.45, 2.75) is 107 Å². The first-order valence-corrected chi connectivity index (χ1v) is 11.5. The number of hydrogen-bond acceptors (Lipinski definition) is 13. The van der Waals surface area contributed by atoms with Crippen LogP contribution in [0.2, 0.25) is 0 Å². The van der Waals surface area contributed by atoms with Crippen LogP contribution in [0.1, 0.15) is 20.8 Å². The maximum Gasteiger partial charge on any atom is 0.333 e. The molecule has 6 unspecified atom stereocenters. The quantitative estimate of drug-likeness (QED) is 0.177. The molecular weight excluding hydrogens is 476 g/mol. The second-order valence-electron chi connectivity index (χ2n) is 9.29. The highest BCUT2D eigenvalue weighted by Gasteiger charge is 2.51. The molecule has 3 heterocycles. The topological polar surface area (TPSA) is 214 Å². The van der Waals surface area contributed by atoms with E-state index in [1.54, 1.807) is 13.8 Å². The fourth-order valence-corrected chi connectivity index (χ4v) is 4.62. The van der Waals surface area contributed by atoms with E-state index in [4.69, 9.17) is 28.4 Å². The van der Waals surface area contributed by atoms with Gasteiger partial charge in [0.05, 0.1) is 24.9 Å². The van der Waals surface area contributed by atoms with Crippen LogP contribution >= 0.6 is 0 Å². The van der Waals surface area contributed by atoms with Gasteiger partial charge in [0.25, 0.3) is 0 Å². The second-order valence-corrected chi connectivity index (χ2v) is 9.29. The summed E-state index contributed by atoms with van der Waals surface area (Å²) in [5.74, 6) is -2.27. The molecule has 0 bridgehead atoms. The molecule has 204 valence electrons. The summed E-state index contributed by atoms with van der Waals surface area (Å²) in [6.07, 6.45) is -17.8. The number of aliphatic hydroxyl groups excluding tert-OH is 6. The molecule has 0 aliphatic carbocycles. The van der Waals surface area contributed by atoms with Crippen LogP contribution in [0, 0.1) is 5.92 Å². The number of rotatable bonds is 7. The number of methoxy groups -OCH3 is 1. The summed E-state index contributed by atoms with van der Waals surface area (Å²) in [5.41, 5.74) is 0. The minimum Gasteiger partial charge on any atom is -0.479 e. The standard InChI is InChI=1S/C21H36O14/c1-6-10(22)14(26)20(34-16(6)19(28)29)31-5-9-12(24)13(25)15(27)21(33-9)35-17-8(3)32-7(2)11(23)18(17)30-4/h6-18,20-27H,5H2,1-4H3,(H,28,29)/t6-,7?,8+,9?,10-,11-,12+,13-,14-,15-,16?,17?,18-,20?,21?/m0/s1. The average molecular weight is 513 g/mol. The number of carbonyl (C=O) groups is 1. The largest absolute Gasteiger partial charge is 0.479 e. The van der Waals surface area contributed by atoms with Crippen molar-refractivity contribution in [3.63, 3.8) is 0 Å². The Hall–Kier alpha value is -1.01. The van der Waals surface area contributed by atoms with Gasteiger partial charge in [-0.25, -0.2) is 4.79 Å². The van der Waals surface area contributed by atoms with E-state index >= 15 is 0 Å². The van der Waals surface area contributed by atoms with Crippen molar-refractivity contribution in [1.29, 1.82) is 0 Å². The highest BCUT2D eigenvalue weighted by atomic mass is 16.7. The van der Waals surface area contributed by atoms with E-state index in [9.17, 15) is 40.5 Å². The molecule has 0 aromatic heterocycles. The predicted octanol–water partition coefficient (Wildman–Crippen LogP) is -3.45. The molecule has 0 amide bonds. The SMILES string of the molecule is CO[C@@H]1C(OC2OC(COC3OC(C(=O)O)[C@@H](C)[C@H](O)[C@@H]3O)[C@@H](O)[C@H](O)[C@@H]2O)[C@@H](C)OC(C)[C@@H]1O. The van der Waals surface area contributed by atoms with Gasteiger partial charge < -0.3 is 64.2 Å². The van der Waals surface area contributed by atoms with Crippen molar-refractivity contribution in [3.8, 4) is 0 Å². The van der Waals surface area contributed by atoms with E-state index in [0.29, 0.717) is 0 Å². The Balaban J connectivity index is 1.68. The maximum atomic E-state index is 11.4. The fourth-order valence-electron chi connectivity index (χ4n) is 4.62. The Morgan fingerprint density at radius 1 is 0.743 bits per heavy atom. The van der Waals surface area contributed by atoms with Crippen LogP contribution in [-0.4, -0.2) is 141 Å². The highest BCUT2D eigenvalue weighted by molar-refractivity contribution is 5.73. The molecule has 14 heteroatoms. The average Bonchev–Trinajstić information content (AvgIpc) is 2.81. The molecule has 3 fully saturated rings. The van der Waals surface area contributed by atoms with Crippen LogP contribution in [0.4, 0.5) is 0 Å². The van der Waals surface area contributed by atoms with E-state index in [2.05, 4.69) is 0 Å². The molecule has 3 saturated heterocycles. The summed E-state index contributed by atoms with van der Waals surface area (Å²) >= 11 is 0. The Labute approximate surface area is 201 Å². The third kappa shape index (κ3) is 5.79. The van der Waals surface area contributed by atoms with Gasteiger partial charge in [-0.1, -0.05) is 6.92 Å². The number of ether oxygens (including phenoxy) is 6. The van der Waals surface area contributed by atoms with Gasteiger partial charge in [0.2, 0.25) is 0 Å². The molecule has 0 radical (unpaired) electrons. The molecule has 3 aliphatic heterocycles. The second kappa shape index (κ2) is 11.6. The number of carboxylic acid groups (broad SMARTS) is 1. The first kappa shape index (κ1) is 28.6. The van der Waals surface area contributed by atoms with E-state index in [1.807, 2.05) is 0 Å². The number of aliphatic carboxylic acids is 1. The van der Waals surface area contributed by atoms with Crippen molar-refractivity contribution in [1.82, 2.24) is 0 Å². The van der Waals surface area contributed by atoms with Gasteiger partial charge in [0, 0.05) is 13.0 Å². The minimum atomic E-state index is -1.72. The Morgan fingerprint density at radius 3 is 1.97 bits per heavy atom. The fraction of sp³-hybridized carbons (Fsp3) is 0.952. The Kier molecular flexibility index (Phi) is 9.45. The number of hydrogen-bond donors (Lipinski definition) is 7. The minimum absolute atomic E-state index is 0.524. The van der Waals surface area contributed by atoms with Crippen LogP contribution < -0.4 is 0 Å². The Bertz CT molecular complexity index is 710. The van der Waals surface area contributed by atoms with Gasteiger partial charge in [0.1, 0.15) is 48.8 Å². The van der Waals surface area contributed by atoms with Crippen molar-refractivity contribution in [2.75, 3.05) is 13.7 Å². The third-order valence-corrected chi connectivity index (χ3v) is 6.86. The Morgan fingerprint density at radius 2 is 1.37 bits per heavy atom. The molecule has 0 aromatic rings. The lowest BCUT2D eigenvalue weighted by Gasteiger charge is -2.46. The molecule has 35 heavy (non-hydrogen) atoms. The zero-order valence-corrected chi connectivity index (χ0v) is 19.9. The maximum absolute atomic E-state index is 11.4. The smallest absolute Gasteiger partial charge is 0.333 e. The summed E-state index contributed by atoms with van der Waals surface area (Å²) in [6.45, 7) is 4.21. The number of aliphatic hydroxyl groups is 6. The summed E-state index contributed by atoms with van der Waals surface area (Å²) < 4.78 is 33.1. The zero-order valence-electron chi connectivity index (χ0n) is 19.9. The molecule has 7 N–H and O–H groups in total. The zero-order chi connectivity index (χ0) is 26.2. The van der Waals surface area contributed by atoms with E-state index in [1.165, 1.54) is 14.0 Å². The normalized spacial score (nSPS) is 51.2. The lowest BCUT2D eigenvalue weighted by Crippen LogP contribution is -2.64. The first-order valence-electron chi connectivity index (χ1n) is 11.5. The first-order chi connectivity index (χ1) is 16.4. The van der Waals surface area contributed by atoms with E-state index < -0.39 is 104 Å². The highest BCUT2D eigenvalue weighted by Crippen LogP contribution is 2.31. The molecule has 15 atom stereocenters. The summed E-state index contributed by atoms with van der Waals surface area (Å²) in [5, 5.41) is 71.2. The molecule has 0 aromatic carbocycles. The molecule has 14 nitrogen and oxygen atoms in total. The predicted molar refractivity (Wildman–Crippen MR) is 112 cm³/mol. The monoisotopic (exact) mass is 512 g/mol. The van der Waals surface area contributed by atoms with Crippen LogP contribution in [-0.2, 0) is 33.2 Å². The summed E-state index contributed by atoms with van der Waals surface area (Å²) in [7, 11) is 1.37. The van der Waals surface area contributed by atoms with Gasteiger partial charge >= 0.3 is 5.97 Å². The summed E-state index contributed by atoms with van der Waals surface area (Å²) in [6, 6.07) is 0.